The van der Waals surface area contributed by atoms with Crippen molar-refractivity contribution in [2.24, 2.45) is 0 Å². The molecule has 0 saturated heterocycles. The van der Waals surface area contributed by atoms with Crippen molar-refractivity contribution in [1.29, 1.82) is 0 Å². The fraction of sp³-hybridized carbons (Fsp3) is 0.0556. The van der Waals surface area contributed by atoms with Crippen molar-refractivity contribution < 1.29 is 0 Å². The summed E-state index contributed by atoms with van der Waals surface area (Å²) in [7, 11) is 0. The monoisotopic (exact) mass is 382 g/mol. The molecule has 21 heavy (non-hydrogen) atoms. The number of halogens is 1. The lowest BCUT2D eigenvalue weighted by atomic mass is 10.0. The molecule has 0 spiro atoms. The largest absolute Gasteiger partial charge is 0.280 e. The summed E-state index contributed by atoms with van der Waals surface area (Å²) in [6.07, 6.45) is 2.91. The van der Waals surface area contributed by atoms with E-state index < -0.39 is 0 Å². The molecular formula is C18H11IN2. The maximum absolute atomic E-state index is 4.59. The maximum Gasteiger partial charge on any atom is 0.0967 e. The van der Waals surface area contributed by atoms with Crippen LogP contribution in [0, 0.1) is 0 Å². The molecule has 5 rings (SSSR count). The van der Waals surface area contributed by atoms with Crippen LogP contribution >= 0.6 is 22.9 Å². The van der Waals surface area contributed by atoms with Gasteiger partial charge in [-0.05, 0) is 52.9 Å². The molecule has 2 aromatic heterocycles. The highest BCUT2D eigenvalue weighted by molar-refractivity contribution is 14.1. The lowest BCUT2D eigenvalue weighted by Crippen LogP contribution is -1.83. The summed E-state index contributed by atoms with van der Waals surface area (Å²) >= 11 is 2.37. The smallest absolute Gasteiger partial charge is 0.0967 e. The molecule has 1 aliphatic carbocycles. The van der Waals surface area contributed by atoms with E-state index in [9.17, 15) is 0 Å². The van der Waals surface area contributed by atoms with Crippen molar-refractivity contribution in [2.75, 3.05) is 0 Å². The Morgan fingerprint density at radius 2 is 1.81 bits per heavy atom. The van der Waals surface area contributed by atoms with Gasteiger partial charge in [-0.1, -0.05) is 24.3 Å². The van der Waals surface area contributed by atoms with E-state index in [2.05, 4.69) is 73.1 Å². The zero-order valence-corrected chi connectivity index (χ0v) is 13.3. The van der Waals surface area contributed by atoms with Gasteiger partial charge in [0.05, 0.1) is 39.4 Å². The topological polar surface area (TPSA) is 17.8 Å². The van der Waals surface area contributed by atoms with E-state index >= 15 is 0 Å². The lowest BCUT2D eigenvalue weighted by Gasteiger charge is -2.02. The molecule has 0 bridgehead atoms. The van der Waals surface area contributed by atoms with E-state index in [1.165, 1.54) is 38.7 Å². The Morgan fingerprint density at radius 1 is 0.905 bits per heavy atom. The van der Waals surface area contributed by atoms with Gasteiger partial charge in [-0.3, -0.25) is 7.76 Å². The minimum atomic E-state index is 1.03. The van der Waals surface area contributed by atoms with Crippen molar-refractivity contribution in [1.82, 2.24) is 7.76 Å². The van der Waals surface area contributed by atoms with E-state index in [0.29, 0.717) is 0 Å². The predicted molar refractivity (Wildman–Crippen MR) is 94.9 cm³/mol. The van der Waals surface area contributed by atoms with Gasteiger partial charge in [0.25, 0.3) is 0 Å². The number of aromatic nitrogens is 2. The van der Waals surface area contributed by atoms with Crippen LogP contribution in [0.1, 0.15) is 11.1 Å². The van der Waals surface area contributed by atoms with Gasteiger partial charge in [0.2, 0.25) is 0 Å². The van der Waals surface area contributed by atoms with Crippen LogP contribution in [0.4, 0.5) is 0 Å². The number of fused-ring (bicyclic) bond motifs is 6. The Balaban J connectivity index is 1.94. The van der Waals surface area contributed by atoms with Gasteiger partial charge in [0.1, 0.15) is 0 Å². The molecule has 0 aliphatic heterocycles. The predicted octanol–water partition coefficient (Wildman–Crippen LogP) is 4.96. The summed E-state index contributed by atoms with van der Waals surface area (Å²) in [5.74, 6) is 0. The fourth-order valence-electron chi connectivity index (χ4n) is 3.42. The number of pyridine rings is 1. The summed E-state index contributed by atoms with van der Waals surface area (Å²) in [6.45, 7) is 0. The minimum absolute atomic E-state index is 1.03. The van der Waals surface area contributed by atoms with E-state index in [-0.39, 0.29) is 0 Å². The summed E-state index contributed by atoms with van der Waals surface area (Å²) in [5.41, 5.74) is 9.13. The fourth-order valence-corrected chi connectivity index (χ4v) is 4.20. The third kappa shape index (κ3) is 1.50. The third-order valence-corrected chi connectivity index (χ3v) is 5.41. The molecular weight excluding hydrogens is 371 g/mol. The molecule has 4 aromatic rings. The van der Waals surface area contributed by atoms with Gasteiger partial charge in [-0.15, -0.1) is 0 Å². The van der Waals surface area contributed by atoms with Crippen LogP contribution in [0.3, 0.4) is 0 Å². The number of hydrogen-bond donors (Lipinski definition) is 0. The molecule has 1 aliphatic rings. The van der Waals surface area contributed by atoms with Gasteiger partial charge >= 0.3 is 0 Å². The lowest BCUT2D eigenvalue weighted by molar-refractivity contribution is 1.27. The molecule has 100 valence electrons. The molecule has 0 unspecified atom stereocenters. The minimum Gasteiger partial charge on any atom is -0.280 e. The molecule has 0 amide bonds. The highest BCUT2D eigenvalue weighted by atomic mass is 127. The van der Waals surface area contributed by atoms with Gasteiger partial charge in [0, 0.05) is 11.6 Å². The third-order valence-electron chi connectivity index (χ3n) is 4.37. The first kappa shape index (κ1) is 11.7. The Kier molecular flexibility index (Phi) is 2.28. The average molecular weight is 382 g/mol. The standard InChI is InChI=1S/C18H11IN2/c19-21-16-6-3-7-20-18(16)15-10-14-12(9-17(15)21)8-11-4-1-2-5-13(11)14/h1-7,9-10H,8H2. The van der Waals surface area contributed by atoms with Gasteiger partial charge in [0.15, 0.2) is 0 Å². The van der Waals surface area contributed by atoms with E-state index in [1.807, 2.05) is 12.3 Å². The average Bonchev–Trinajstić information content (AvgIpc) is 3.02. The second-order valence-corrected chi connectivity index (χ2v) is 6.48. The molecule has 0 radical (unpaired) electrons. The number of nitrogens with zero attached hydrogens (tertiary/aromatic N) is 2. The Bertz CT molecular complexity index is 1030. The van der Waals surface area contributed by atoms with Crippen LogP contribution in [0.25, 0.3) is 33.1 Å². The highest BCUT2D eigenvalue weighted by Gasteiger charge is 2.21. The molecule has 0 atom stereocenters. The summed E-state index contributed by atoms with van der Waals surface area (Å²) in [6, 6.07) is 17.5. The van der Waals surface area contributed by atoms with E-state index in [1.54, 1.807) is 0 Å². The summed E-state index contributed by atoms with van der Waals surface area (Å²) in [5, 5.41) is 1.25. The first-order valence-corrected chi connectivity index (χ1v) is 7.96. The first-order valence-electron chi connectivity index (χ1n) is 6.99. The van der Waals surface area contributed by atoms with Crippen LogP contribution in [0.15, 0.2) is 54.7 Å². The van der Waals surface area contributed by atoms with Crippen molar-refractivity contribution in [3.05, 3.63) is 65.9 Å². The van der Waals surface area contributed by atoms with Gasteiger partial charge < -0.3 is 0 Å². The number of benzene rings is 2. The Morgan fingerprint density at radius 3 is 2.76 bits per heavy atom. The molecule has 2 heterocycles. The molecule has 2 nitrogen and oxygen atoms in total. The molecule has 0 fully saturated rings. The highest BCUT2D eigenvalue weighted by Crippen LogP contribution is 2.41. The van der Waals surface area contributed by atoms with Gasteiger partial charge in [-0.2, -0.15) is 0 Å². The van der Waals surface area contributed by atoms with Crippen LogP contribution in [-0.4, -0.2) is 7.76 Å². The SMILES string of the molecule is In1c2cc3c(cc2c2ncccc21)-c1ccccc1C3. The van der Waals surface area contributed by atoms with Crippen LogP contribution in [0.2, 0.25) is 0 Å². The molecule has 2 aromatic carbocycles. The quantitative estimate of drug-likeness (QED) is 0.346. The van der Waals surface area contributed by atoms with Crippen LogP contribution in [-0.2, 0) is 6.42 Å². The van der Waals surface area contributed by atoms with E-state index in [4.69, 9.17) is 0 Å². The molecule has 3 heteroatoms. The van der Waals surface area contributed by atoms with Crippen molar-refractivity contribution in [3.8, 4) is 11.1 Å². The number of hydrogen-bond acceptors (Lipinski definition) is 1. The normalized spacial score (nSPS) is 12.8. The summed E-state index contributed by atoms with van der Waals surface area (Å²) in [4.78, 5) is 4.59. The van der Waals surface area contributed by atoms with Gasteiger partial charge in [-0.25, -0.2) is 0 Å². The zero-order chi connectivity index (χ0) is 14.0. The Hall–Kier alpha value is -1.88. The molecule has 0 N–H and O–H groups in total. The summed E-state index contributed by atoms with van der Waals surface area (Å²) < 4.78 is 2.22. The Labute approximate surface area is 135 Å². The second kappa shape index (κ2) is 4.07. The number of rotatable bonds is 0. The zero-order valence-electron chi connectivity index (χ0n) is 11.2. The van der Waals surface area contributed by atoms with Crippen molar-refractivity contribution in [3.63, 3.8) is 0 Å². The first-order chi connectivity index (χ1) is 10.3. The van der Waals surface area contributed by atoms with Crippen molar-refractivity contribution >= 4 is 44.8 Å². The maximum atomic E-state index is 4.59. The second-order valence-electron chi connectivity index (χ2n) is 5.51. The van der Waals surface area contributed by atoms with E-state index in [0.717, 1.165) is 11.9 Å². The van der Waals surface area contributed by atoms with Crippen LogP contribution in [0.5, 0.6) is 0 Å². The van der Waals surface area contributed by atoms with Crippen LogP contribution < -0.4 is 0 Å². The van der Waals surface area contributed by atoms with Crippen molar-refractivity contribution in [2.45, 2.75) is 6.42 Å². The molecule has 0 saturated carbocycles.